The van der Waals surface area contributed by atoms with Crippen molar-refractivity contribution in [3.63, 3.8) is 0 Å². The van der Waals surface area contributed by atoms with Gasteiger partial charge < -0.3 is 9.52 Å². The lowest BCUT2D eigenvalue weighted by Crippen LogP contribution is -2.43. The first-order valence-corrected chi connectivity index (χ1v) is 7.17. The van der Waals surface area contributed by atoms with Crippen molar-refractivity contribution in [1.29, 1.82) is 0 Å². The third kappa shape index (κ3) is 3.55. The maximum atomic E-state index is 11.6. The van der Waals surface area contributed by atoms with Crippen molar-refractivity contribution < 1.29 is 17.9 Å². The third-order valence-corrected chi connectivity index (χ3v) is 4.65. The van der Waals surface area contributed by atoms with Crippen molar-refractivity contribution in [2.45, 2.75) is 37.0 Å². The molecule has 1 aliphatic carbocycles. The Labute approximate surface area is 101 Å². The van der Waals surface area contributed by atoms with E-state index in [1.54, 1.807) is 19.1 Å². The first-order chi connectivity index (χ1) is 7.89. The normalized spacial score (nSPS) is 20.1. The van der Waals surface area contributed by atoms with E-state index >= 15 is 0 Å². The standard InChI is InChI=1S/C11H17NO4S/c1-11(13,7-9-3-2-6-16-9)8-12-17(14,15)10-4-5-10/h2-3,6,10,12-13H,4-5,7-8H2,1H3/t11-/m1/s1. The summed E-state index contributed by atoms with van der Waals surface area (Å²) in [6, 6.07) is 3.49. The maximum Gasteiger partial charge on any atom is 0.214 e. The molecular formula is C11H17NO4S. The summed E-state index contributed by atoms with van der Waals surface area (Å²) in [6.07, 6.45) is 3.25. The van der Waals surface area contributed by atoms with Crippen LogP contribution in [0.15, 0.2) is 22.8 Å². The van der Waals surface area contributed by atoms with Crippen molar-refractivity contribution in [3.8, 4) is 0 Å². The van der Waals surface area contributed by atoms with Crippen LogP contribution in [0.5, 0.6) is 0 Å². The molecule has 96 valence electrons. The number of nitrogens with one attached hydrogen (secondary N) is 1. The Morgan fingerprint density at radius 3 is 2.82 bits per heavy atom. The zero-order chi connectivity index (χ0) is 12.5. The van der Waals surface area contributed by atoms with Crippen molar-refractivity contribution in [2.24, 2.45) is 0 Å². The lowest BCUT2D eigenvalue weighted by atomic mass is 10.0. The summed E-state index contributed by atoms with van der Waals surface area (Å²) in [6.45, 7) is 1.59. The molecule has 0 radical (unpaired) electrons. The van der Waals surface area contributed by atoms with Crippen LogP contribution in [0.1, 0.15) is 25.5 Å². The van der Waals surface area contributed by atoms with Crippen LogP contribution in [-0.2, 0) is 16.4 Å². The summed E-state index contributed by atoms with van der Waals surface area (Å²) >= 11 is 0. The molecule has 1 saturated carbocycles. The first kappa shape index (κ1) is 12.6. The highest BCUT2D eigenvalue weighted by Gasteiger charge is 2.36. The van der Waals surface area contributed by atoms with Crippen LogP contribution >= 0.6 is 0 Å². The Balaban J connectivity index is 1.88. The summed E-state index contributed by atoms with van der Waals surface area (Å²) in [5.41, 5.74) is -1.14. The summed E-state index contributed by atoms with van der Waals surface area (Å²) in [7, 11) is -3.24. The van der Waals surface area contributed by atoms with Gasteiger partial charge in [0.2, 0.25) is 10.0 Å². The number of sulfonamides is 1. The highest BCUT2D eigenvalue weighted by molar-refractivity contribution is 7.90. The zero-order valence-electron chi connectivity index (χ0n) is 9.72. The molecule has 17 heavy (non-hydrogen) atoms. The van der Waals surface area contributed by atoms with Gasteiger partial charge in [0.05, 0.1) is 17.1 Å². The molecule has 2 N–H and O–H groups in total. The molecule has 1 aromatic heterocycles. The van der Waals surface area contributed by atoms with Crippen molar-refractivity contribution in [1.82, 2.24) is 4.72 Å². The third-order valence-electron chi connectivity index (χ3n) is 2.75. The average Bonchev–Trinajstić information content (AvgIpc) is 2.98. The number of aliphatic hydroxyl groups is 1. The second-order valence-electron chi connectivity index (χ2n) is 4.82. The van der Waals surface area contributed by atoms with E-state index in [4.69, 9.17) is 4.42 Å². The van der Waals surface area contributed by atoms with Gasteiger partial charge >= 0.3 is 0 Å². The molecule has 6 heteroatoms. The van der Waals surface area contributed by atoms with Gasteiger partial charge in [-0.25, -0.2) is 13.1 Å². The van der Waals surface area contributed by atoms with Crippen LogP contribution in [0.25, 0.3) is 0 Å². The Morgan fingerprint density at radius 2 is 2.29 bits per heavy atom. The Bertz CT molecular complexity index is 460. The highest BCUT2D eigenvalue weighted by atomic mass is 32.2. The molecule has 0 amide bonds. The smallest absolute Gasteiger partial charge is 0.214 e. The molecule has 5 nitrogen and oxygen atoms in total. The average molecular weight is 259 g/mol. The van der Waals surface area contributed by atoms with E-state index in [1.807, 2.05) is 0 Å². The molecule has 1 aromatic rings. The van der Waals surface area contributed by atoms with Gasteiger partial charge in [-0.05, 0) is 31.9 Å². The van der Waals surface area contributed by atoms with E-state index in [2.05, 4.69) is 4.72 Å². The van der Waals surface area contributed by atoms with E-state index in [9.17, 15) is 13.5 Å². The summed E-state index contributed by atoms with van der Waals surface area (Å²) < 4.78 is 30.8. The van der Waals surface area contributed by atoms with E-state index in [0.29, 0.717) is 5.76 Å². The quantitative estimate of drug-likeness (QED) is 0.786. The molecule has 2 rings (SSSR count). The van der Waals surface area contributed by atoms with Crippen LogP contribution in [0.2, 0.25) is 0 Å². The number of hydrogen-bond donors (Lipinski definition) is 2. The van der Waals surface area contributed by atoms with Gasteiger partial charge in [0.25, 0.3) is 0 Å². The van der Waals surface area contributed by atoms with Gasteiger partial charge in [0.15, 0.2) is 0 Å². The molecule has 0 unspecified atom stereocenters. The SMILES string of the molecule is C[C@](O)(CNS(=O)(=O)C1CC1)Cc1ccco1. The topological polar surface area (TPSA) is 79.5 Å². The van der Waals surface area contributed by atoms with Crippen molar-refractivity contribution in [2.75, 3.05) is 6.54 Å². The van der Waals surface area contributed by atoms with Gasteiger partial charge in [-0.1, -0.05) is 0 Å². The number of rotatable bonds is 6. The summed E-state index contributed by atoms with van der Waals surface area (Å²) in [5.74, 6) is 0.639. The lowest BCUT2D eigenvalue weighted by Gasteiger charge is -2.22. The van der Waals surface area contributed by atoms with Crippen molar-refractivity contribution >= 4 is 10.0 Å². The van der Waals surface area contributed by atoms with Gasteiger partial charge in [0.1, 0.15) is 5.76 Å². The molecule has 0 aliphatic heterocycles. The Hall–Kier alpha value is -0.850. The van der Waals surface area contributed by atoms with E-state index in [1.165, 1.54) is 6.26 Å². The monoisotopic (exact) mass is 259 g/mol. The molecular weight excluding hydrogens is 242 g/mol. The summed E-state index contributed by atoms with van der Waals surface area (Å²) in [5, 5.41) is 9.80. The molecule has 1 aliphatic rings. The number of hydrogen-bond acceptors (Lipinski definition) is 4. The lowest BCUT2D eigenvalue weighted by molar-refractivity contribution is 0.0603. The fraction of sp³-hybridized carbons (Fsp3) is 0.636. The van der Waals surface area contributed by atoms with Crippen LogP contribution < -0.4 is 4.72 Å². The van der Waals surface area contributed by atoms with Crippen LogP contribution in [-0.4, -0.2) is 30.9 Å². The predicted molar refractivity (Wildman–Crippen MR) is 63.0 cm³/mol. The van der Waals surface area contributed by atoms with Gasteiger partial charge in [-0.15, -0.1) is 0 Å². The minimum Gasteiger partial charge on any atom is -0.469 e. The number of furan rings is 1. The molecule has 1 atom stereocenters. The minimum atomic E-state index is -3.24. The van der Waals surface area contributed by atoms with Crippen LogP contribution in [0.4, 0.5) is 0 Å². The fourth-order valence-electron chi connectivity index (χ4n) is 1.60. The maximum absolute atomic E-state index is 11.6. The van der Waals surface area contributed by atoms with Gasteiger partial charge in [0, 0.05) is 13.0 Å². The fourth-order valence-corrected chi connectivity index (χ4v) is 3.11. The van der Waals surface area contributed by atoms with Gasteiger partial charge in [-0.3, -0.25) is 0 Å². The van der Waals surface area contributed by atoms with Crippen LogP contribution in [0, 0.1) is 0 Å². The molecule has 0 bridgehead atoms. The van der Waals surface area contributed by atoms with E-state index in [0.717, 1.165) is 12.8 Å². The molecule has 0 aromatic carbocycles. The second-order valence-corrected chi connectivity index (χ2v) is 6.86. The Kier molecular flexibility index (Phi) is 3.29. The van der Waals surface area contributed by atoms with E-state index < -0.39 is 15.6 Å². The summed E-state index contributed by atoms with van der Waals surface area (Å²) in [4.78, 5) is 0. The second kappa shape index (κ2) is 4.44. The van der Waals surface area contributed by atoms with Gasteiger partial charge in [-0.2, -0.15) is 0 Å². The minimum absolute atomic E-state index is 0.00648. The zero-order valence-corrected chi connectivity index (χ0v) is 10.5. The molecule has 0 saturated heterocycles. The Morgan fingerprint density at radius 1 is 1.59 bits per heavy atom. The highest BCUT2D eigenvalue weighted by Crippen LogP contribution is 2.27. The molecule has 1 heterocycles. The molecule has 0 spiro atoms. The largest absolute Gasteiger partial charge is 0.469 e. The first-order valence-electron chi connectivity index (χ1n) is 5.62. The predicted octanol–water partition coefficient (Wildman–Crippen LogP) is 0.655. The van der Waals surface area contributed by atoms with E-state index in [-0.39, 0.29) is 18.2 Å². The van der Waals surface area contributed by atoms with Crippen LogP contribution in [0.3, 0.4) is 0 Å². The van der Waals surface area contributed by atoms with Crippen molar-refractivity contribution in [3.05, 3.63) is 24.2 Å². The molecule has 1 fully saturated rings.